The van der Waals surface area contributed by atoms with Crippen LogP contribution >= 0.6 is 0 Å². The summed E-state index contributed by atoms with van der Waals surface area (Å²) in [5, 5.41) is 22.2. The first-order chi connectivity index (χ1) is 11.5. The molecule has 0 spiro atoms. The molecule has 0 aromatic carbocycles. The molecular weight excluding hydrogens is 336 g/mol. The Morgan fingerprint density at radius 2 is 1.68 bits per heavy atom. The van der Waals surface area contributed by atoms with Crippen LogP contribution in [0.15, 0.2) is 4.99 Å². The highest BCUT2D eigenvalue weighted by Crippen LogP contribution is 2.00. The van der Waals surface area contributed by atoms with Crippen molar-refractivity contribution in [1.82, 2.24) is 10.6 Å². The van der Waals surface area contributed by atoms with Gasteiger partial charge in [-0.3, -0.25) is 19.4 Å². The van der Waals surface area contributed by atoms with E-state index in [9.17, 15) is 19.2 Å². The molecule has 0 saturated heterocycles. The van der Waals surface area contributed by atoms with E-state index in [-0.39, 0.29) is 18.9 Å². The third kappa shape index (κ3) is 9.76. The molecule has 142 valence electrons. The summed E-state index contributed by atoms with van der Waals surface area (Å²) >= 11 is 0. The Hall–Kier alpha value is -2.89. The molecule has 0 aliphatic rings. The summed E-state index contributed by atoms with van der Waals surface area (Å²) in [5.74, 6) is -4.20. The van der Waals surface area contributed by atoms with E-state index in [2.05, 4.69) is 15.6 Å². The Morgan fingerprint density at radius 1 is 1.08 bits per heavy atom. The summed E-state index contributed by atoms with van der Waals surface area (Å²) in [6.45, 7) is 1.53. The lowest BCUT2D eigenvalue weighted by atomic mass is 10.1. The van der Waals surface area contributed by atoms with E-state index >= 15 is 0 Å². The maximum atomic E-state index is 12.0. The highest BCUT2D eigenvalue weighted by molar-refractivity contribution is 5.92. The Kier molecular flexibility index (Phi) is 9.56. The molecule has 25 heavy (non-hydrogen) atoms. The summed E-state index contributed by atoms with van der Waals surface area (Å²) in [7, 11) is 0. The molecule has 0 aliphatic heterocycles. The van der Waals surface area contributed by atoms with Crippen molar-refractivity contribution < 1.29 is 29.4 Å². The summed E-state index contributed by atoms with van der Waals surface area (Å²) < 4.78 is 0. The van der Waals surface area contributed by atoms with Gasteiger partial charge in [-0.15, -0.1) is 0 Å². The molecule has 0 aliphatic carbocycles. The van der Waals surface area contributed by atoms with Gasteiger partial charge in [0.25, 0.3) is 0 Å². The minimum Gasteiger partial charge on any atom is -0.481 e. The van der Waals surface area contributed by atoms with Crippen molar-refractivity contribution in [3.8, 4) is 0 Å². The number of amides is 2. The number of hydrogen-bond acceptors (Lipinski definition) is 6. The van der Waals surface area contributed by atoms with Crippen LogP contribution in [0.1, 0.15) is 26.2 Å². The van der Waals surface area contributed by atoms with Crippen molar-refractivity contribution in [3.63, 3.8) is 0 Å². The van der Waals surface area contributed by atoms with E-state index in [1.54, 1.807) is 0 Å². The van der Waals surface area contributed by atoms with Crippen LogP contribution in [0.5, 0.6) is 0 Å². The molecule has 3 atom stereocenters. The van der Waals surface area contributed by atoms with Crippen molar-refractivity contribution in [2.45, 2.75) is 44.3 Å². The Balaban J connectivity index is 4.53. The molecule has 0 bridgehead atoms. The average Bonchev–Trinajstić information content (AvgIpc) is 2.48. The van der Waals surface area contributed by atoms with Gasteiger partial charge in [0.1, 0.15) is 12.1 Å². The average molecular weight is 360 g/mol. The summed E-state index contributed by atoms with van der Waals surface area (Å²) in [6.07, 6.45) is -0.195. The van der Waals surface area contributed by atoms with Gasteiger partial charge in [-0.25, -0.2) is 4.79 Å². The number of carboxylic acid groups (broad SMARTS) is 2. The predicted octanol–water partition coefficient (Wildman–Crippen LogP) is -3.08. The number of aliphatic carboxylic acids is 2. The van der Waals surface area contributed by atoms with Crippen LogP contribution in [0.4, 0.5) is 0 Å². The molecule has 10 N–H and O–H groups in total. The third-order valence-corrected chi connectivity index (χ3v) is 3.04. The third-order valence-electron chi connectivity index (χ3n) is 3.04. The number of carbonyl (C=O) groups excluding carboxylic acids is 2. The van der Waals surface area contributed by atoms with E-state index in [0.29, 0.717) is 6.42 Å². The minimum absolute atomic E-state index is 0.0804. The monoisotopic (exact) mass is 360 g/mol. The van der Waals surface area contributed by atoms with Gasteiger partial charge in [0.2, 0.25) is 11.8 Å². The highest BCUT2D eigenvalue weighted by atomic mass is 16.4. The fourth-order valence-corrected chi connectivity index (χ4v) is 1.72. The van der Waals surface area contributed by atoms with Crippen LogP contribution in [-0.2, 0) is 19.2 Å². The van der Waals surface area contributed by atoms with Crippen LogP contribution in [-0.4, -0.2) is 64.6 Å². The van der Waals surface area contributed by atoms with E-state index in [0.717, 1.165) is 0 Å². The smallest absolute Gasteiger partial charge is 0.326 e. The molecule has 0 rings (SSSR count). The van der Waals surface area contributed by atoms with E-state index in [1.807, 2.05) is 0 Å². The van der Waals surface area contributed by atoms with Crippen molar-refractivity contribution in [3.05, 3.63) is 0 Å². The molecule has 2 amide bonds. The van der Waals surface area contributed by atoms with E-state index < -0.39 is 48.3 Å². The second kappa shape index (κ2) is 10.8. The van der Waals surface area contributed by atoms with Gasteiger partial charge in [-0.05, 0) is 19.8 Å². The molecule has 0 fully saturated rings. The van der Waals surface area contributed by atoms with Crippen LogP contribution in [0.25, 0.3) is 0 Å². The predicted molar refractivity (Wildman–Crippen MR) is 87.3 cm³/mol. The molecule has 0 radical (unpaired) electrons. The summed E-state index contributed by atoms with van der Waals surface area (Å²) in [4.78, 5) is 49.0. The van der Waals surface area contributed by atoms with E-state index in [1.165, 1.54) is 6.92 Å². The van der Waals surface area contributed by atoms with Gasteiger partial charge in [0.15, 0.2) is 5.96 Å². The Bertz CT molecular complexity index is 533. The molecule has 0 saturated carbocycles. The minimum atomic E-state index is -1.32. The normalized spacial score (nSPS) is 13.8. The fraction of sp³-hybridized carbons (Fsp3) is 0.615. The first kappa shape index (κ1) is 22.1. The van der Waals surface area contributed by atoms with Crippen LogP contribution < -0.4 is 27.8 Å². The zero-order chi connectivity index (χ0) is 19.6. The second-order valence-electron chi connectivity index (χ2n) is 5.28. The first-order valence-corrected chi connectivity index (χ1v) is 7.41. The zero-order valence-corrected chi connectivity index (χ0v) is 13.8. The molecular formula is C13H24N6O6. The molecule has 12 heteroatoms. The number of guanidine groups is 1. The van der Waals surface area contributed by atoms with Crippen molar-refractivity contribution in [2.24, 2.45) is 22.2 Å². The molecule has 0 aromatic rings. The number of hydrogen-bond donors (Lipinski definition) is 7. The molecule has 0 heterocycles. The number of aliphatic imine (C=N–C) groups is 1. The number of nitrogens with one attached hydrogen (secondary N) is 2. The number of carbonyl (C=O) groups is 4. The number of rotatable bonds is 11. The second-order valence-corrected chi connectivity index (χ2v) is 5.28. The van der Waals surface area contributed by atoms with Gasteiger partial charge >= 0.3 is 11.9 Å². The summed E-state index contributed by atoms with van der Waals surface area (Å²) in [5.41, 5.74) is 15.7. The van der Waals surface area contributed by atoms with Crippen LogP contribution in [0, 0.1) is 0 Å². The highest BCUT2D eigenvalue weighted by Gasteiger charge is 2.25. The maximum absolute atomic E-state index is 12.0. The van der Waals surface area contributed by atoms with Gasteiger partial charge in [0.05, 0.1) is 12.5 Å². The van der Waals surface area contributed by atoms with Crippen molar-refractivity contribution >= 4 is 29.7 Å². The standard InChI is InChI=1S/C13H24N6O6/c1-6(18-11(23)7(14)5-9(20)21)10(22)19-8(12(24)25)3-2-4-17-13(15)16/h6-8H,2-5,14H2,1H3,(H,18,23)(H,19,22)(H,20,21)(H,24,25)(H4,15,16,17)/t6-,7-,8-/m0/s1. The lowest BCUT2D eigenvalue weighted by Gasteiger charge is -2.19. The SMILES string of the molecule is C[C@H](NC(=O)[C@@H](N)CC(=O)O)C(=O)N[C@@H](CCCN=C(N)N)C(=O)O. The Morgan fingerprint density at radius 3 is 2.16 bits per heavy atom. The quantitative estimate of drug-likeness (QED) is 0.112. The molecule has 12 nitrogen and oxygen atoms in total. The first-order valence-electron chi connectivity index (χ1n) is 7.41. The summed E-state index contributed by atoms with van der Waals surface area (Å²) in [6, 6.07) is -3.59. The lowest BCUT2D eigenvalue weighted by Crippen LogP contribution is -2.53. The topological polar surface area (TPSA) is 223 Å². The van der Waals surface area contributed by atoms with Crippen molar-refractivity contribution in [1.29, 1.82) is 0 Å². The largest absolute Gasteiger partial charge is 0.481 e. The van der Waals surface area contributed by atoms with Crippen LogP contribution in [0.2, 0.25) is 0 Å². The molecule has 0 unspecified atom stereocenters. The Labute approximate surface area is 143 Å². The van der Waals surface area contributed by atoms with Gasteiger partial charge in [-0.2, -0.15) is 0 Å². The molecule has 0 aromatic heterocycles. The fourth-order valence-electron chi connectivity index (χ4n) is 1.72. The van der Waals surface area contributed by atoms with E-state index in [4.69, 9.17) is 27.4 Å². The lowest BCUT2D eigenvalue weighted by molar-refractivity contribution is -0.142. The van der Waals surface area contributed by atoms with Gasteiger partial charge < -0.3 is 38.0 Å². The number of nitrogens with two attached hydrogens (primary N) is 3. The number of nitrogens with zero attached hydrogens (tertiary/aromatic N) is 1. The zero-order valence-electron chi connectivity index (χ0n) is 13.8. The number of carboxylic acids is 2. The maximum Gasteiger partial charge on any atom is 0.326 e. The van der Waals surface area contributed by atoms with Crippen molar-refractivity contribution in [2.75, 3.05) is 6.54 Å². The van der Waals surface area contributed by atoms with Gasteiger partial charge in [0, 0.05) is 6.54 Å². The van der Waals surface area contributed by atoms with Crippen LogP contribution in [0.3, 0.4) is 0 Å². The van der Waals surface area contributed by atoms with Gasteiger partial charge in [-0.1, -0.05) is 0 Å².